The van der Waals surface area contributed by atoms with E-state index in [1.165, 1.54) is 37.4 Å². The number of amides is 1. The van der Waals surface area contributed by atoms with Crippen LogP contribution in [-0.4, -0.2) is 26.4 Å². The monoisotopic (exact) mass is 721 g/mol. The van der Waals surface area contributed by atoms with E-state index in [4.69, 9.17) is 16.3 Å². The molecule has 3 aromatic carbocycles. The van der Waals surface area contributed by atoms with Crippen LogP contribution in [0.15, 0.2) is 53.6 Å². The second-order valence-corrected chi connectivity index (χ2v) is 15.1. The Hall–Kier alpha value is -4.23. The van der Waals surface area contributed by atoms with Gasteiger partial charge < -0.3 is 10.1 Å². The fourth-order valence-electron chi connectivity index (χ4n) is 5.37. The second kappa shape index (κ2) is 13.6. The van der Waals surface area contributed by atoms with Gasteiger partial charge in [-0.25, -0.2) is 22.0 Å². The van der Waals surface area contributed by atoms with E-state index in [-0.39, 0.29) is 43.9 Å². The lowest BCUT2D eigenvalue weighted by Gasteiger charge is -2.27. The molecule has 5 rings (SSSR count). The zero-order valence-electron chi connectivity index (χ0n) is 27.2. The SMILES string of the molecule is COc1cc(Cc2cc(C3CC3)cc(C(C)(C)C)c2)c(NC(C)=O)c(S(=O)(=O)N(Cc2ccc(Cl)cc2)c2c(F)c(F)c(F)c(F)c2F)n1. The number of carbonyl (C=O) groups is 1. The number of ether oxygens (including phenoxy) is 1. The molecule has 1 heterocycles. The number of methoxy groups -OCH3 is 1. The average molecular weight is 722 g/mol. The number of halogens is 6. The Labute approximate surface area is 286 Å². The zero-order valence-corrected chi connectivity index (χ0v) is 28.8. The van der Waals surface area contributed by atoms with Crippen LogP contribution in [0.4, 0.5) is 33.3 Å². The maximum atomic E-state index is 15.4. The van der Waals surface area contributed by atoms with Gasteiger partial charge in [0, 0.05) is 18.0 Å². The van der Waals surface area contributed by atoms with Crippen LogP contribution in [0.1, 0.15) is 74.3 Å². The van der Waals surface area contributed by atoms with Gasteiger partial charge in [-0.05, 0) is 70.5 Å². The quantitative estimate of drug-likeness (QED) is 0.101. The number of sulfonamides is 1. The lowest BCUT2D eigenvalue weighted by atomic mass is 9.83. The number of rotatable bonds is 10. The Balaban J connectivity index is 1.76. The second-order valence-electron chi connectivity index (χ2n) is 12.9. The molecule has 0 atom stereocenters. The van der Waals surface area contributed by atoms with Gasteiger partial charge in [-0.1, -0.05) is 62.7 Å². The molecule has 0 radical (unpaired) electrons. The maximum Gasteiger partial charge on any atom is 0.284 e. The molecule has 1 aliphatic rings. The molecule has 0 spiro atoms. The fraction of sp³-hybridized carbons (Fsp3) is 0.314. The number of carbonyl (C=O) groups excluding carboxylic acids is 1. The van der Waals surface area contributed by atoms with E-state index >= 15 is 8.78 Å². The molecule has 1 saturated carbocycles. The van der Waals surface area contributed by atoms with Crippen molar-refractivity contribution >= 4 is 38.9 Å². The predicted molar refractivity (Wildman–Crippen MR) is 176 cm³/mol. The van der Waals surface area contributed by atoms with Crippen LogP contribution >= 0.6 is 11.6 Å². The normalized spacial score (nSPS) is 13.4. The lowest BCUT2D eigenvalue weighted by Crippen LogP contribution is -2.34. The first-order valence-electron chi connectivity index (χ1n) is 15.2. The molecule has 7 nitrogen and oxygen atoms in total. The Kier molecular flexibility index (Phi) is 10.00. The van der Waals surface area contributed by atoms with E-state index in [1.54, 1.807) is 0 Å². The van der Waals surface area contributed by atoms with Crippen LogP contribution in [0.5, 0.6) is 5.88 Å². The van der Waals surface area contributed by atoms with Crippen molar-refractivity contribution in [3.05, 3.63) is 110 Å². The molecule has 1 aromatic heterocycles. The molecule has 1 aliphatic carbocycles. The lowest BCUT2D eigenvalue weighted by molar-refractivity contribution is -0.114. The number of nitrogens with zero attached hydrogens (tertiary/aromatic N) is 2. The molecule has 14 heteroatoms. The number of hydrogen-bond acceptors (Lipinski definition) is 5. The minimum Gasteiger partial charge on any atom is -0.481 e. The molecule has 49 heavy (non-hydrogen) atoms. The molecule has 260 valence electrons. The van der Waals surface area contributed by atoms with E-state index < -0.39 is 62.3 Å². The summed E-state index contributed by atoms with van der Waals surface area (Å²) in [6.07, 6.45) is 2.11. The number of anilines is 2. The van der Waals surface area contributed by atoms with Gasteiger partial charge in [0.2, 0.25) is 22.6 Å². The van der Waals surface area contributed by atoms with Crippen molar-refractivity contribution in [2.45, 2.75) is 69.9 Å². The third-order valence-corrected chi connectivity index (χ3v) is 10.0. The average Bonchev–Trinajstić information content (AvgIpc) is 3.89. The van der Waals surface area contributed by atoms with Crippen molar-refractivity contribution in [3.8, 4) is 5.88 Å². The summed E-state index contributed by atoms with van der Waals surface area (Å²) >= 11 is 5.96. The van der Waals surface area contributed by atoms with Gasteiger partial charge >= 0.3 is 0 Å². The van der Waals surface area contributed by atoms with Crippen LogP contribution < -0.4 is 14.4 Å². The van der Waals surface area contributed by atoms with Crippen LogP contribution in [-0.2, 0) is 33.2 Å². The van der Waals surface area contributed by atoms with Crippen LogP contribution in [0.3, 0.4) is 0 Å². The van der Waals surface area contributed by atoms with Gasteiger partial charge in [0.15, 0.2) is 23.3 Å². The summed E-state index contributed by atoms with van der Waals surface area (Å²) in [6, 6.07) is 12.8. The summed E-state index contributed by atoms with van der Waals surface area (Å²) in [4.78, 5) is 16.6. The van der Waals surface area contributed by atoms with Crippen molar-refractivity contribution < 1.29 is 39.9 Å². The molecular weight excluding hydrogens is 689 g/mol. The topological polar surface area (TPSA) is 88.6 Å². The predicted octanol–water partition coefficient (Wildman–Crippen LogP) is 8.56. The molecule has 4 aromatic rings. The van der Waals surface area contributed by atoms with E-state index in [2.05, 4.69) is 37.1 Å². The number of benzene rings is 3. The number of pyridine rings is 1. The summed E-state index contributed by atoms with van der Waals surface area (Å²) < 4.78 is 108. The van der Waals surface area contributed by atoms with Gasteiger partial charge in [0.25, 0.3) is 10.0 Å². The van der Waals surface area contributed by atoms with Crippen molar-refractivity contribution in [2.75, 3.05) is 16.7 Å². The van der Waals surface area contributed by atoms with Gasteiger partial charge in [0.05, 0.1) is 19.3 Å². The maximum absolute atomic E-state index is 15.4. The Morgan fingerprint density at radius 3 is 2.06 bits per heavy atom. The van der Waals surface area contributed by atoms with Crippen LogP contribution in [0.25, 0.3) is 0 Å². The van der Waals surface area contributed by atoms with Gasteiger partial charge in [-0.2, -0.15) is 13.4 Å². The molecule has 1 fully saturated rings. The van der Waals surface area contributed by atoms with Gasteiger partial charge in [-0.3, -0.25) is 9.10 Å². The summed E-state index contributed by atoms with van der Waals surface area (Å²) in [6.45, 7) is 6.37. The van der Waals surface area contributed by atoms with Gasteiger partial charge in [-0.15, -0.1) is 0 Å². The highest BCUT2D eigenvalue weighted by atomic mass is 35.5. The Bertz CT molecular complexity index is 2020. The first kappa shape index (κ1) is 36.1. The first-order valence-corrected chi connectivity index (χ1v) is 17.0. The minimum atomic E-state index is -5.36. The summed E-state index contributed by atoms with van der Waals surface area (Å²) in [5.74, 6) is -12.5. The summed E-state index contributed by atoms with van der Waals surface area (Å²) in [7, 11) is -4.15. The number of nitrogens with one attached hydrogen (secondary N) is 1. The third-order valence-electron chi connectivity index (χ3n) is 8.09. The minimum absolute atomic E-state index is 0.0226. The van der Waals surface area contributed by atoms with Crippen molar-refractivity contribution in [3.63, 3.8) is 0 Å². The Morgan fingerprint density at radius 1 is 0.939 bits per heavy atom. The molecule has 0 bridgehead atoms. The van der Waals surface area contributed by atoms with Gasteiger partial charge in [0.1, 0.15) is 5.69 Å². The fourth-order valence-corrected chi connectivity index (χ4v) is 7.07. The van der Waals surface area contributed by atoms with E-state index in [0.29, 0.717) is 5.92 Å². The molecule has 1 amide bonds. The van der Waals surface area contributed by atoms with E-state index in [0.717, 1.165) is 36.5 Å². The van der Waals surface area contributed by atoms with E-state index in [9.17, 15) is 26.4 Å². The van der Waals surface area contributed by atoms with Crippen LogP contribution in [0, 0.1) is 29.1 Å². The standard InChI is InChI=1S/C35H33ClF5N3O4S/c1-18(45)42-32-23(13-20-12-22(21-8-9-21)15-24(14-20)35(2,3)4)16-26(48-5)43-34(32)49(46,47)44(17-19-6-10-25(36)11-7-19)33-30(40)28(38)27(37)29(39)31(33)41/h6-7,10-12,14-16,21H,8-9,13,17H2,1-5H3,(H,42,45). The largest absolute Gasteiger partial charge is 0.481 e. The first-order chi connectivity index (χ1) is 22.9. The zero-order chi connectivity index (χ0) is 36.0. The molecule has 0 saturated heterocycles. The molecular formula is C35H33ClF5N3O4S. The molecule has 0 aliphatic heterocycles. The van der Waals surface area contributed by atoms with Crippen molar-refractivity contribution in [2.24, 2.45) is 0 Å². The number of aromatic nitrogens is 1. The molecule has 0 unspecified atom stereocenters. The highest BCUT2D eigenvalue weighted by Gasteiger charge is 2.39. The highest BCUT2D eigenvalue weighted by molar-refractivity contribution is 7.92. The van der Waals surface area contributed by atoms with Crippen molar-refractivity contribution in [1.29, 1.82) is 0 Å². The van der Waals surface area contributed by atoms with E-state index in [1.807, 2.05) is 12.1 Å². The Morgan fingerprint density at radius 2 is 1.53 bits per heavy atom. The van der Waals surface area contributed by atoms with Crippen LogP contribution in [0.2, 0.25) is 5.02 Å². The third kappa shape index (κ3) is 7.52. The smallest absolute Gasteiger partial charge is 0.284 e. The summed E-state index contributed by atoms with van der Waals surface area (Å²) in [5, 5.41) is 1.77. The highest BCUT2D eigenvalue weighted by Crippen LogP contribution is 2.43. The number of hydrogen-bond donors (Lipinski definition) is 1. The van der Waals surface area contributed by atoms with Crippen molar-refractivity contribution in [1.82, 2.24) is 4.98 Å². The molecule has 1 N–H and O–H groups in total. The summed E-state index contributed by atoms with van der Waals surface area (Å²) in [5.41, 5.74) is 0.867.